The molecule has 0 aliphatic heterocycles. The van der Waals surface area contributed by atoms with E-state index in [1.54, 1.807) is 24.3 Å². The molecule has 31 heavy (non-hydrogen) atoms. The summed E-state index contributed by atoms with van der Waals surface area (Å²) in [6, 6.07) is 11.1. The molecule has 0 fully saturated rings. The highest BCUT2D eigenvalue weighted by Crippen LogP contribution is 2.16. The predicted octanol–water partition coefficient (Wildman–Crippen LogP) is 2.85. The molecule has 3 rings (SSSR count). The molecule has 0 spiro atoms. The van der Waals surface area contributed by atoms with E-state index in [0.29, 0.717) is 5.69 Å². The van der Waals surface area contributed by atoms with E-state index in [0.717, 1.165) is 0 Å². The van der Waals surface area contributed by atoms with Gasteiger partial charge in [-0.2, -0.15) is 15.0 Å². The van der Waals surface area contributed by atoms with E-state index in [-0.39, 0.29) is 40.7 Å². The molecule has 0 aliphatic carbocycles. The van der Waals surface area contributed by atoms with Gasteiger partial charge in [-0.05, 0) is 43.3 Å². The molecule has 0 unspecified atom stereocenters. The topological polar surface area (TPSA) is 132 Å². The van der Waals surface area contributed by atoms with Crippen LogP contribution in [-0.4, -0.2) is 32.9 Å². The monoisotopic (exact) mass is 444 g/mol. The Kier molecular flexibility index (Phi) is 6.93. The number of aromatic nitrogens is 3. The number of nitrogens with two attached hydrogens (primary N) is 1. The van der Waals surface area contributed by atoms with Crippen LogP contribution in [0.15, 0.2) is 48.5 Å². The van der Waals surface area contributed by atoms with Gasteiger partial charge in [-0.15, -0.1) is 0 Å². The Morgan fingerprint density at radius 3 is 2.55 bits per heavy atom. The molecule has 1 atom stereocenters. The summed E-state index contributed by atoms with van der Waals surface area (Å²) in [6.45, 7) is 1.18. The first-order valence-electron chi connectivity index (χ1n) is 9.07. The number of nitrogens with one attached hydrogen (secondary N) is 2. The predicted molar refractivity (Wildman–Crippen MR) is 112 cm³/mol. The first-order chi connectivity index (χ1) is 14.8. The van der Waals surface area contributed by atoms with Gasteiger partial charge in [0.2, 0.25) is 11.9 Å². The summed E-state index contributed by atoms with van der Waals surface area (Å²) < 4.78 is 18.2. The van der Waals surface area contributed by atoms with Crippen molar-refractivity contribution in [2.45, 2.75) is 19.6 Å². The Labute approximate surface area is 181 Å². The van der Waals surface area contributed by atoms with E-state index in [2.05, 4.69) is 25.6 Å². The lowest BCUT2D eigenvalue weighted by Crippen LogP contribution is -2.39. The standard InChI is InChI=1S/C20H18ClFN6O3/c1-11(24-17(29)14-4-2-3-5-15(14)21)18(30)31-10-16-26-19(23)28-20(27-16)25-13-8-6-12(22)7-9-13/h2-9,11H,10H2,1H3,(H,24,29)(H3,23,25,26,27,28)/t11-/m1/s1. The second kappa shape index (κ2) is 9.81. The minimum atomic E-state index is -0.945. The number of nitrogen functional groups attached to an aromatic ring is 1. The third kappa shape index (κ3) is 6.09. The van der Waals surface area contributed by atoms with Gasteiger partial charge < -0.3 is 21.1 Å². The molecule has 9 nitrogen and oxygen atoms in total. The highest BCUT2D eigenvalue weighted by molar-refractivity contribution is 6.33. The zero-order chi connectivity index (χ0) is 22.4. The van der Waals surface area contributed by atoms with Crippen LogP contribution in [0, 0.1) is 5.82 Å². The zero-order valence-corrected chi connectivity index (χ0v) is 17.1. The smallest absolute Gasteiger partial charge is 0.328 e. The molecule has 160 valence electrons. The maximum absolute atomic E-state index is 13.0. The van der Waals surface area contributed by atoms with E-state index in [4.69, 9.17) is 22.1 Å². The van der Waals surface area contributed by atoms with Crippen LogP contribution in [0.3, 0.4) is 0 Å². The van der Waals surface area contributed by atoms with E-state index in [1.807, 2.05) is 0 Å². The van der Waals surface area contributed by atoms with Gasteiger partial charge in [-0.25, -0.2) is 9.18 Å². The largest absolute Gasteiger partial charge is 0.456 e. The van der Waals surface area contributed by atoms with Crippen LogP contribution in [0.25, 0.3) is 0 Å². The maximum Gasteiger partial charge on any atom is 0.328 e. The van der Waals surface area contributed by atoms with Gasteiger partial charge in [-0.1, -0.05) is 23.7 Å². The number of carbonyl (C=O) groups excluding carboxylic acids is 2. The molecular formula is C20H18ClFN6O3. The van der Waals surface area contributed by atoms with Gasteiger partial charge in [0.25, 0.3) is 5.91 Å². The second-order valence-corrected chi connectivity index (χ2v) is 6.76. The number of amides is 1. The van der Waals surface area contributed by atoms with Crippen LogP contribution in [0.2, 0.25) is 5.02 Å². The zero-order valence-electron chi connectivity index (χ0n) is 16.3. The first-order valence-corrected chi connectivity index (χ1v) is 9.44. The quantitative estimate of drug-likeness (QED) is 0.474. The maximum atomic E-state index is 13.0. The summed E-state index contributed by atoms with van der Waals surface area (Å²) in [5, 5.41) is 5.63. The average Bonchev–Trinajstić information content (AvgIpc) is 2.73. The molecule has 1 amide bonds. The summed E-state index contributed by atoms with van der Waals surface area (Å²) in [6.07, 6.45) is 0. The van der Waals surface area contributed by atoms with Crippen molar-refractivity contribution in [3.05, 3.63) is 70.8 Å². The lowest BCUT2D eigenvalue weighted by molar-refractivity contribution is -0.147. The molecule has 2 aromatic carbocycles. The lowest BCUT2D eigenvalue weighted by Gasteiger charge is -2.14. The van der Waals surface area contributed by atoms with Gasteiger partial charge in [0, 0.05) is 5.69 Å². The Morgan fingerprint density at radius 2 is 1.84 bits per heavy atom. The number of halogens is 2. The Morgan fingerprint density at radius 1 is 1.13 bits per heavy atom. The molecule has 4 N–H and O–H groups in total. The molecule has 0 radical (unpaired) electrons. The van der Waals surface area contributed by atoms with E-state index < -0.39 is 17.9 Å². The summed E-state index contributed by atoms with van der Waals surface area (Å²) in [5.74, 6) is -1.49. The average molecular weight is 445 g/mol. The van der Waals surface area contributed by atoms with Crippen LogP contribution in [0.1, 0.15) is 23.1 Å². The molecule has 0 saturated carbocycles. The molecule has 0 bridgehead atoms. The highest BCUT2D eigenvalue weighted by Gasteiger charge is 2.20. The fourth-order valence-electron chi connectivity index (χ4n) is 2.46. The molecule has 1 aromatic heterocycles. The highest BCUT2D eigenvalue weighted by atomic mass is 35.5. The van der Waals surface area contributed by atoms with E-state index in [9.17, 15) is 14.0 Å². The fourth-order valence-corrected chi connectivity index (χ4v) is 2.68. The normalized spacial score (nSPS) is 11.5. The van der Waals surface area contributed by atoms with Crippen molar-refractivity contribution in [3.63, 3.8) is 0 Å². The Bertz CT molecular complexity index is 1100. The van der Waals surface area contributed by atoms with Crippen LogP contribution in [0.5, 0.6) is 0 Å². The molecule has 0 aliphatic rings. The number of carbonyl (C=O) groups is 2. The van der Waals surface area contributed by atoms with Crippen molar-refractivity contribution in [2.75, 3.05) is 11.1 Å². The van der Waals surface area contributed by atoms with Gasteiger partial charge in [-0.3, -0.25) is 4.79 Å². The van der Waals surface area contributed by atoms with Crippen molar-refractivity contribution in [3.8, 4) is 0 Å². The van der Waals surface area contributed by atoms with Crippen LogP contribution in [-0.2, 0) is 16.1 Å². The third-order valence-corrected chi connectivity index (χ3v) is 4.29. The first kappa shape index (κ1) is 21.9. The molecule has 3 aromatic rings. The fraction of sp³-hybridized carbons (Fsp3) is 0.150. The number of ether oxygens (including phenoxy) is 1. The number of nitrogens with zero attached hydrogens (tertiary/aromatic N) is 3. The van der Waals surface area contributed by atoms with Crippen molar-refractivity contribution >= 4 is 41.1 Å². The number of hydrogen-bond donors (Lipinski definition) is 3. The Balaban J connectivity index is 1.59. The van der Waals surface area contributed by atoms with Gasteiger partial charge in [0.15, 0.2) is 12.4 Å². The van der Waals surface area contributed by atoms with Gasteiger partial charge in [0.1, 0.15) is 11.9 Å². The van der Waals surface area contributed by atoms with Gasteiger partial charge in [0.05, 0.1) is 10.6 Å². The molecule has 0 saturated heterocycles. The SMILES string of the molecule is C[C@@H](NC(=O)c1ccccc1Cl)C(=O)OCc1nc(N)nc(Nc2ccc(F)cc2)n1. The number of benzene rings is 2. The van der Waals surface area contributed by atoms with Crippen molar-refractivity contribution in [1.29, 1.82) is 0 Å². The third-order valence-electron chi connectivity index (χ3n) is 3.96. The number of hydrogen-bond acceptors (Lipinski definition) is 8. The second-order valence-electron chi connectivity index (χ2n) is 6.35. The van der Waals surface area contributed by atoms with Crippen LogP contribution in [0.4, 0.5) is 22.0 Å². The van der Waals surface area contributed by atoms with E-state index in [1.165, 1.54) is 31.2 Å². The molecule has 1 heterocycles. The minimum absolute atomic E-state index is 0.0919. The number of rotatable bonds is 7. The van der Waals surface area contributed by atoms with Crippen LogP contribution >= 0.6 is 11.6 Å². The summed E-state index contributed by atoms with van der Waals surface area (Å²) in [4.78, 5) is 36.5. The summed E-state index contributed by atoms with van der Waals surface area (Å²) in [5.41, 5.74) is 6.45. The number of anilines is 3. The van der Waals surface area contributed by atoms with E-state index >= 15 is 0 Å². The van der Waals surface area contributed by atoms with Gasteiger partial charge >= 0.3 is 5.97 Å². The molecular weight excluding hydrogens is 427 g/mol. The summed E-state index contributed by atoms with van der Waals surface area (Å²) in [7, 11) is 0. The van der Waals surface area contributed by atoms with Crippen molar-refractivity contribution in [2.24, 2.45) is 0 Å². The minimum Gasteiger partial charge on any atom is -0.456 e. The number of esters is 1. The van der Waals surface area contributed by atoms with Crippen molar-refractivity contribution in [1.82, 2.24) is 20.3 Å². The lowest BCUT2D eigenvalue weighted by atomic mass is 10.2. The molecule has 11 heteroatoms. The summed E-state index contributed by atoms with van der Waals surface area (Å²) >= 11 is 5.98. The van der Waals surface area contributed by atoms with Crippen molar-refractivity contribution < 1.29 is 18.7 Å². The Hall–Kier alpha value is -3.79. The van der Waals surface area contributed by atoms with Crippen LogP contribution < -0.4 is 16.4 Å².